The standard InChI is InChI=1S/C21H42O.C13H20O/c1-4-7-9-10-11-12-13-14-15-16-17-18-20-22-21(6-3)19-8-5-2;1-3-4-8-13(14)10-9-11(2)12-6-5-7-12/h19H,4-18,20H2,1-3H3;9-10H,3-8H2,1-2H3/b;10-9-. The first-order valence-corrected chi connectivity index (χ1v) is 15.8. The van der Waals surface area contributed by atoms with Gasteiger partial charge in [-0.25, -0.2) is 0 Å². The fraction of sp³-hybridized carbons (Fsp3) is 0.794. The van der Waals surface area contributed by atoms with Crippen molar-refractivity contribution in [2.24, 2.45) is 0 Å². The molecule has 0 aromatic heterocycles. The molecule has 2 nitrogen and oxygen atoms in total. The van der Waals surface area contributed by atoms with Crippen molar-refractivity contribution in [1.29, 1.82) is 0 Å². The highest BCUT2D eigenvalue weighted by atomic mass is 16.5. The zero-order valence-electron chi connectivity index (χ0n) is 25.1. The lowest BCUT2D eigenvalue weighted by molar-refractivity contribution is -0.114. The van der Waals surface area contributed by atoms with Crippen LogP contribution in [0.2, 0.25) is 0 Å². The molecule has 1 aliphatic rings. The summed E-state index contributed by atoms with van der Waals surface area (Å²) in [5, 5.41) is 0. The number of carbonyl (C=O) groups excluding carboxylic acids is 1. The Balaban J connectivity index is 0.000000748. The van der Waals surface area contributed by atoms with E-state index >= 15 is 0 Å². The largest absolute Gasteiger partial charge is 0.498 e. The number of hydrogen-bond donors (Lipinski definition) is 0. The average molecular weight is 503 g/mol. The van der Waals surface area contributed by atoms with Crippen molar-refractivity contribution in [2.45, 2.75) is 169 Å². The van der Waals surface area contributed by atoms with E-state index in [9.17, 15) is 4.79 Å². The van der Waals surface area contributed by atoms with Gasteiger partial charge in [0.05, 0.1) is 12.4 Å². The van der Waals surface area contributed by atoms with Gasteiger partial charge in [0.2, 0.25) is 0 Å². The molecular formula is C34H62O2. The van der Waals surface area contributed by atoms with Crippen LogP contribution in [0, 0.1) is 0 Å². The monoisotopic (exact) mass is 502 g/mol. The van der Waals surface area contributed by atoms with Gasteiger partial charge >= 0.3 is 0 Å². The van der Waals surface area contributed by atoms with Crippen LogP contribution in [0.3, 0.4) is 0 Å². The van der Waals surface area contributed by atoms with Gasteiger partial charge in [0.15, 0.2) is 5.78 Å². The summed E-state index contributed by atoms with van der Waals surface area (Å²) >= 11 is 0. The number of rotatable bonds is 22. The molecule has 1 rings (SSSR count). The molecular weight excluding hydrogens is 440 g/mol. The molecule has 0 aromatic carbocycles. The molecule has 0 amide bonds. The highest BCUT2D eigenvalue weighted by molar-refractivity contribution is 5.90. The lowest BCUT2D eigenvalue weighted by atomic mass is 9.88. The summed E-state index contributed by atoms with van der Waals surface area (Å²) in [6.07, 6.45) is 32.9. The van der Waals surface area contributed by atoms with Crippen LogP contribution in [0.25, 0.3) is 0 Å². The number of allylic oxidation sites excluding steroid dienone is 6. The lowest BCUT2D eigenvalue weighted by Crippen LogP contribution is -1.99. The number of unbranched alkanes of at least 4 members (excludes halogenated alkanes) is 13. The van der Waals surface area contributed by atoms with E-state index in [2.05, 4.69) is 40.7 Å². The van der Waals surface area contributed by atoms with E-state index in [1.807, 2.05) is 6.08 Å². The summed E-state index contributed by atoms with van der Waals surface area (Å²) < 4.78 is 5.85. The van der Waals surface area contributed by atoms with Crippen LogP contribution in [-0.4, -0.2) is 12.4 Å². The summed E-state index contributed by atoms with van der Waals surface area (Å²) in [5.41, 5.74) is 2.84. The molecule has 0 radical (unpaired) electrons. The fourth-order valence-corrected chi connectivity index (χ4v) is 4.27. The van der Waals surface area contributed by atoms with Crippen LogP contribution in [0.15, 0.2) is 35.1 Å². The Morgan fingerprint density at radius 1 is 0.722 bits per heavy atom. The molecule has 1 aliphatic carbocycles. The third-order valence-electron chi connectivity index (χ3n) is 7.11. The molecule has 0 spiro atoms. The molecule has 1 saturated carbocycles. The van der Waals surface area contributed by atoms with Gasteiger partial charge in [0.25, 0.3) is 0 Å². The van der Waals surface area contributed by atoms with Crippen molar-refractivity contribution >= 4 is 5.78 Å². The predicted octanol–water partition coefficient (Wildman–Crippen LogP) is 11.6. The molecule has 210 valence electrons. The molecule has 2 heteroatoms. The van der Waals surface area contributed by atoms with Crippen LogP contribution in [0.4, 0.5) is 0 Å². The normalized spacial score (nSPS) is 13.4. The molecule has 0 bridgehead atoms. The van der Waals surface area contributed by atoms with Gasteiger partial charge in [-0.1, -0.05) is 128 Å². The fourth-order valence-electron chi connectivity index (χ4n) is 4.27. The molecule has 0 atom stereocenters. The van der Waals surface area contributed by atoms with Gasteiger partial charge in [-0.05, 0) is 57.6 Å². The smallest absolute Gasteiger partial charge is 0.155 e. The van der Waals surface area contributed by atoms with Crippen LogP contribution in [-0.2, 0) is 9.53 Å². The first-order valence-electron chi connectivity index (χ1n) is 15.8. The second-order valence-electron chi connectivity index (χ2n) is 10.6. The molecule has 1 fully saturated rings. The Labute approximate surface area is 226 Å². The Kier molecular flexibility index (Phi) is 25.8. The van der Waals surface area contributed by atoms with E-state index < -0.39 is 0 Å². The minimum atomic E-state index is 0.270. The van der Waals surface area contributed by atoms with Crippen LogP contribution >= 0.6 is 0 Å². The van der Waals surface area contributed by atoms with Crippen LogP contribution in [0.5, 0.6) is 0 Å². The van der Waals surface area contributed by atoms with Crippen molar-refractivity contribution in [1.82, 2.24) is 0 Å². The summed E-state index contributed by atoms with van der Waals surface area (Å²) in [6.45, 7) is 11.8. The van der Waals surface area contributed by atoms with Gasteiger partial charge in [-0.15, -0.1) is 0 Å². The second kappa shape index (κ2) is 26.7. The van der Waals surface area contributed by atoms with E-state index in [4.69, 9.17) is 4.74 Å². The van der Waals surface area contributed by atoms with E-state index in [-0.39, 0.29) is 5.78 Å². The average Bonchev–Trinajstić information content (AvgIpc) is 2.85. The maximum Gasteiger partial charge on any atom is 0.155 e. The van der Waals surface area contributed by atoms with Crippen molar-refractivity contribution in [3.8, 4) is 0 Å². The van der Waals surface area contributed by atoms with E-state index in [1.165, 1.54) is 120 Å². The van der Waals surface area contributed by atoms with Crippen LogP contribution in [0.1, 0.15) is 169 Å². The summed E-state index contributed by atoms with van der Waals surface area (Å²) in [7, 11) is 0. The van der Waals surface area contributed by atoms with E-state index in [0.29, 0.717) is 6.42 Å². The quantitative estimate of drug-likeness (QED) is 0.0835. The van der Waals surface area contributed by atoms with Crippen molar-refractivity contribution in [2.75, 3.05) is 6.61 Å². The second-order valence-corrected chi connectivity index (χ2v) is 10.6. The third kappa shape index (κ3) is 21.9. The maximum absolute atomic E-state index is 11.3. The Morgan fingerprint density at radius 2 is 1.28 bits per heavy atom. The molecule has 36 heavy (non-hydrogen) atoms. The minimum Gasteiger partial charge on any atom is -0.498 e. The minimum absolute atomic E-state index is 0.270. The third-order valence-corrected chi connectivity index (χ3v) is 7.11. The first kappa shape index (κ1) is 34.7. The summed E-state index contributed by atoms with van der Waals surface area (Å²) in [5.74, 6) is 1.47. The number of ether oxygens (including phenoxy) is 1. The van der Waals surface area contributed by atoms with E-state index in [1.54, 1.807) is 6.08 Å². The molecule has 0 unspecified atom stereocenters. The molecule has 0 N–H and O–H groups in total. The van der Waals surface area contributed by atoms with Gasteiger partial charge in [0, 0.05) is 12.8 Å². The molecule has 0 aromatic rings. The van der Waals surface area contributed by atoms with Gasteiger partial charge in [0.1, 0.15) is 0 Å². The predicted molar refractivity (Wildman–Crippen MR) is 161 cm³/mol. The van der Waals surface area contributed by atoms with E-state index in [0.717, 1.165) is 32.3 Å². The Morgan fingerprint density at radius 3 is 1.75 bits per heavy atom. The Bertz CT molecular complexity index is 590. The topological polar surface area (TPSA) is 26.3 Å². The number of ketones is 1. The Hall–Kier alpha value is -1.31. The van der Waals surface area contributed by atoms with Gasteiger partial charge in [-0.3, -0.25) is 4.79 Å². The molecule has 0 heterocycles. The van der Waals surface area contributed by atoms with Crippen molar-refractivity contribution in [3.05, 3.63) is 35.1 Å². The summed E-state index contributed by atoms with van der Waals surface area (Å²) in [4.78, 5) is 11.3. The zero-order chi connectivity index (χ0) is 26.7. The SMILES string of the molecule is CCCC=C(CC)OCCCCCCCCCCCCCC.CCCCC(=O)/C=C\C(C)=C1CCC1. The highest BCUT2D eigenvalue weighted by Gasteiger charge is 2.09. The maximum atomic E-state index is 11.3. The first-order chi connectivity index (χ1) is 17.6. The van der Waals surface area contributed by atoms with Crippen LogP contribution < -0.4 is 0 Å². The highest BCUT2D eigenvalue weighted by Crippen LogP contribution is 2.28. The van der Waals surface area contributed by atoms with Crippen molar-refractivity contribution in [3.63, 3.8) is 0 Å². The molecule has 0 saturated heterocycles. The van der Waals surface area contributed by atoms with Crippen molar-refractivity contribution < 1.29 is 9.53 Å². The van der Waals surface area contributed by atoms with Gasteiger partial charge < -0.3 is 4.74 Å². The summed E-state index contributed by atoms with van der Waals surface area (Å²) in [6, 6.07) is 0. The molecule has 0 aliphatic heterocycles. The van der Waals surface area contributed by atoms with Gasteiger partial charge in [-0.2, -0.15) is 0 Å². The number of hydrogen-bond acceptors (Lipinski definition) is 2. The number of carbonyl (C=O) groups is 1. The zero-order valence-corrected chi connectivity index (χ0v) is 25.1. The lowest BCUT2D eigenvalue weighted by Gasteiger charge is -2.18.